The van der Waals surface area contributed by atoms with E-state index in [9.17, 15) is 4.79 Å². The van der Waals surface area contributed by atoms with Gasteiger partial charge in [-0.3, -0.25) is 9.48 Å². The van der Waals surface area contributed by atoms with E-state index >= 15 is 0 Å². The van der Waals surface area contributed by atoms with Crippen molar-refractivity contribution in [3.05, 3.63) is 16.6 Å². The predicted molar refractivity (Wildman–Crippen MR) is 78.4 cm³/mol. The van der Waals surface area contributed by atoms with Crippen molar-refractivity contribution in [3.8, 4) is 12.3 Å². The van der Waals surface area contributed by atoms with Crippen LogP contribution in [0.25, 0.3) is 10.2 Å². The van der Waals surface area contributed by atoms with E-state index in [-0.39, 0.29) is 12.5 Å². The van der Waals surface area contributed by atoms with Crippen LogP contribution in [-0.2, 0) is 6.54 Å². The summed E-state index contributed by atoms with van der Waals surface area (Å²) < 4.78 is 1.98. The lowest BCUT2D eigenvalue weighted by Crippen LogP contribution is -2.22. The van der Waals surface area contributed by atoms with E-state index in [1.807, 2.05) is 17.7 Å². The zero-order valence-corrected chi connectivity index (χ0v) is 12.2. The van der Waals surface area contributed by atoms with Gasteiger partial charge in [-0.25, -0.2) is 0 Å². The number of aryl methyl sites for hydroxylation is 1. The summed E-state index contributed by atoms with van der Waals surface area (Å²) in [5.41, 5.74) is 0.961. The first-order chi connectivity index (χ1) is 9.02. The Morgan fingerprint density at radius 1 is 1.63 bits per heavy atom. The number of fused-ring (bicyclic) bond motifs is 1. The summed E-state index contributed by atoms with van der Waals surface area (Å²) in [5, 5.41) is 8.25. The fraction of sp³-hybridized carbons (Fsp3) is 0.429. The molecular weight excluding hydrogens is 258 g/mol. The highest BCUT2D eigenvalue weighted by Gasteiger charge is 2.16. The molecule has 2 aromatic heterocycles. The monoisotopic (exact) mass is 275 g/mol. The average Bonchev–Trinajstić information content (AvgIpc) is 2.88. The van der Waals surface area contributed by atoms with Crippen LogP contribution >= 0.6 is 11.3 Å². The summed E-state index contributed by atoms with van der Waals surface area (Å²) in [7, 11) is 0. The first kappa shape index (κ1) is 13.6. The van der Waals surface area contributed by atoms with Gasteiger partial charge in [0.25, 0.3) is 5.91 Å². The normalized spacial score (nSPS) is 10.9. The summed E-state index contributed by atoms with van der Waals surface area (Å²) in [6, 6.07) is 1.89. The maximum Gasteiger partial charge on any atom is 0.262 e. The molecule has 0 aromatic carbocycles. The van der Waals surface area contributed by atoms with Crippen LogP contribution in [0.2, 0.25) is 0 Å². The van der Waals surface area contributed by atoms with Crippen molar-refractivity contribution in [3.63, 3.8) is 0 Å². The Labute approximate surface area is 116 Å². The van der Waals surface area contributed by atoms with Crippen LogP contribution in [-0.4, -0.2) is 22.2 Å². The van der Waals surface area contributed by atoms with E-state index in [4.69, 9.17) is 6.42 Å². The number of carbonyl (C=O) groups excluding carboxylic acids is 1. The second kappa shape index (κ2) is 5.45. The Morgan fingerprint density at radius 3 is 3.00 bits per heavy atom. The van der Waals surface area contributed by atoms with Gasteiger partial charge in [0.1, 0.15) is 4.83 Å². The molecule has 0 spiro atoms. The van der Waals surface area contributed by atoms with Gasteiger partial charge in [-0.05, 0) is 18.9 Å². The van der Waals surface area contributed by atoms with Crippen LogP contribution in [0, 0.1) is 25.2 Å². The lowest BCUT2D eigenvalue weighted by Gasteiger charge is -2.04. The van der Waals surface area contributed by atoms with Gasteiger partial charge in [-0.2, -0.15) is 5.10 Å². The maximum atomic E-state index is 11.9. The molecule has 2 aromatic rings. The van der Waals surface area contributed by atoms with E-state index in [2.05, 4.69) is 30.2 Å². The molecule has 0 aliphatic heterocycles. The fourth-order valence-corrected chi connectivity index (χ4v) is 3.00. The maximum absolute atomic E-state index is 11.9. The minimum absolute atomic E-state index is 0.116. The molecule has 0 radical (unpaired) electrons. The standard InChI is InChI=1S/C14H17N3OS/c1-5-6-15-13(18)12-7-11-10(4)16-17(8-9(2)3)14(11)19-12/h1,7,9H,6,8H2,2-4H3,(H,15,18). The highest BCUT2D eigenvalue weighted by Crippen LogP contribution is 2.28. The molecule has 0 bridgehead atoms. The molecule has 2 heterocycles. The molecular formula is C14H17N3OS. The lowest BCUT2D eigenvalue weighted by molar-refractivity contribution is 0.0963. The van der Waals surface area contributed by atoms with Crippen molar-refractivity contribution < 1.29 is 4.79 Å². The van der Waals surface area contributed by atoms with Gasteiger partial charge >= 0.3 is 0 Å². The number of carbonyl (C=O) groups is 1. The summed E-state index contributed by atoms with van der Waals surface area (Å²) in [6.07, 6.45) is 5.14. The van der Waals surface area contributed by atoms with Gasteiger partial charge in [0.2, 0.25) is 0 Å². The Bertz CT molecular complexity index is 645. The van der Waals surface area contributed by atoms with E-state index in [1.165, 1.54) is 11.3 Å². The Balaban J connectivity index is 2.35. The second-order valence-electron chi connectivity index (χ2n) is 4.88. The molecule has 19 heavy (non-hydrogen) atoms. The third-order valence-electron chi connectivity index (χ3n) is 2.72. The SMILES string of the molecule is C#CCNC(=O)c1cc2c(C)nn(CC(C)C)c2s1. The first-order valence-electron chi connectivity index (χ1n) is 6.21. The number of rotatable bonds is 4. The van der Waals surface area contributed by atoms with Crippen molar-refractivity contribution in [1.29, 1.82) is 0 Å². The summed E-state index contributed by atoms with van der Waals surface area (Å²) in [6.45, 7) is 7.38. The van der Waals surface area contributed by atoms with E-state index in [0.717, 1.165) is 22.5 Å². The molecule has 2 rings (SSSR count). The molecule has 4 nitrogen and oxygen atoms in total. The molecule has 1 N–H and O–H groups in total. The van der Waals surface area contributed by atoms with Crippen LogP contribution < -0.4 is 5.32 Å². The molecule has 0 unspecified atom stereocenters. The third kappa shape index (κ3) is 2.79. The van der Waals surface area contributed by atoms with Crippen LogP contribution in [0.5, 0.6) is 0 Å². The smallest absolute Gasteiger partial charge is 0.262 e. The third-order valence-corrected chi connectivity index (χ3v) is 3.87. The molecule has 1 amide bonds. The Morgan fingerprint density at radius 2 is 2.37 bits per heavy atom. The van der Waals surface area contributed by atoms with Crippen LogP contribution in [0.4, 0.5) is 0 Å². The number of hydrogen-bond donors (Lipinski definition) is 1. The van der Waals surface area contributed by atoms with Crippen molar-refractivity contribution in [2.45, 2.75) is 27.3 Å². The second-order valence-corrected chi connectivity index (χ2v) is 5.91. The number of nitrogens with zero attached hydrogens (tertiary/aromatic N) is 2. The summed E-state index contributed by atoms with van der Waals surface area (Å²) in [4.78, 5) is 13.6. The molecule has 0 saturated carbocycles. The van der Waals surface area contributed by atoms with Gasteiger partial charge < -0.3 is 5.32 Å². The van der Waals surface area contributed by atoms with Crippen LogP contribution in [0.3, 0.4) is 0 Å². The van der Waals surface area contributed by atoms with Crippen molar-refractivity contribution in [2.24, 2.45) is 5.92 Å². The fourth-order valence-electron chi connectivity index (χ4n) is 1.91. The molecule has 0 fully saturated rings. The molecule has 0 aliphatic rings. The Hall–Kier alpha value is -1.80. The number of nitrogens with one attached hydrogen (secondary N) is 1. The van der Waals surface area contributed by atoms with E-state index in [0.29, 0.717) is 10.8 Å². The van der Waals surface area contributed by atoms with Crippen molar-refractivity contribution in [1.82, 2.24) is 15.1 Å². The largest absolute Gasteiger partial charge is 0.340 e. The minimum atomic E-state index is -0.116. The van der Waals surface area contributed by atoms with Gasteiger partial charge in [0.05, 0.1) is 17.1 Å². The van der Waals surface area contributed by atoms with E-state index in [1.54, 1.807) is 0 Å². The first-order valence-corrected chi connectivity index (χ1v) is 7.03. The quantitative estimate of drug-likeness (QED) is 0.871. The number of amides is 1. The Kier molecular flexibility index (Phi) is 3.91. The highest BCUT2D eigenvalue weighted by molar-refractivity contribution is 7.20. The average molecular weight is 275 g/mol. The zero-order chi connectivity index (χ0) is 14.0. The molecule has 0 atom stereocenters. The molecule has 5 heteroatoms. The lowest BCUT2D eigenvalue weighted by atomic mass is 10.2. The predicted octanol–water partition coefficient (Wildman–Crippen LogP) is 2.43. The summed E-state index contributed by atoms with van der Waals surface area (Å²) >= 11 is 1.47. The topological polar surface area (TPSA) is 46.9 Å². The van der Waals surface area contributed by atoms with Gasteiger partial charge in [-0.15, -0.1) is 17.8 Å². The highest BCUT2D eigenvalue weighted by atomic mass is 32.1. The van der Waals surface area contributed by atoms with Crippen molar-refractivity contribution in [2.75, 3.05) is 6.54 Å². The summed E-state index contributed by atoms with van der Waals surface area (Å²) in [5.74, 6) is 2.80. The molecule has 0 aliphatic carbocycles. The van der Waals surface area contributed by atoms with E-state index < -0.39 is 0 Å². The molecule has 100 valence electrons. The minimum Gasteiger partial charge on any atom is -0.340 e. The van der Waals surface area contributed by atoms with Crippen LogP contribution in [0.1, 0.15) is 29.2 Å². The van der Waals surface area contributed by atoms with Gasteiger partial charge in [0.15, 0.2) is 0 Å². The number of terminal acetylenes is 1. The number of thiophene rings is 1. The molecule has 0 saturated heterocycles. The number of aromatic nitrogens is 2. The van der Waals surface area contributed by atoms with Crippen molar-refractivity contribution >= 4 is 27.5 Å². The van der Waals surface area contributed by atoms with Crippen LogP contribution in [0.15, 0.2) is 6.07 Å². The van der Waals surface area contributed by atoms with Gasteiger partial charge in [-0.1, -0.05) is 19.8 Å². The zero-order valence-electron chi connectivity index (χ0n) is 11.4. The van der Waals surface area contributed by atoms with Gasteiger partial charge in [0, 0.05) is 11.9 Å². The number of hydrogen-bond acceptors (Lipinski definition) is 3.